The average molecular weight is 1070 g/mol. The van der Waals surface area contributed by atoms with Crippen LogP contribution in [0.25, 0.3) is 0 Å². The van der Waals surface area contributed by atoms with E-state index in [-0.39, 0.29) is 49.3 Å². The summed E-state index contributed by atoms with van der Waals surface area (Å²) in [6, 6.07) is 6.37. The van der Waals surface area contributed by atoms with E-state index in [4.69, 9.17) is 42.6 Å². The third kappa shape index (κ3) is 14.4. The average Bonchev–Trinajstić information content (AvgIpc) is 3.62. The van der Waals surface area contributed by atoms with Gasteiger partial charge in [-0.05, 0) is 132 Å². The molecule has 404 valence electrons. The molecule has 0 bridgehead atoms. The first-order chi connectivity index (χ1) is 33.2. The first-order valence-corrected chi connectivity index (χ1v) is 26.1. The van der Waals surface area contributed by atoms with Crippen molar-refractivity contribution >= 4 is 40.1 Å². The first kappa shape index (κ1) is 58.7. The Hall–Kier alpha value is -3.18. The number of likely N-dealkylation sites (N-methyl/N-ethyl adjacent to an activating group) is 2. The number of hydrogen-bond acceptors (Lipinski definition) is 17. The number of nitrogens with one attached hydrogen (secondary N) is 2. The highest BCUT2D eigenvalue weighted by atomic mass is 79.9. The molecule has 18 atom stereocenters. The van der Waals surface area contributed by atoms with Crippen molar-refractivity contribution < 1.29 is 72.0 Å². The van der Waals surface area contributed by atoms with Crippen LogP contribution in [0.5, 0.6) is 0 Å². The fraction of sp³-hybridized carbons (Fsp3) is 0.804. The van der Waals surface area contributed by atoms with Crippen molar-refractivity contribution in [3.63, 3.8) is 0 Å². The van der Waals surface area contributed by atoms with Crippen molar-refractivity contribution in [3.05, 3.63) is 34.3 Å². The molecule has 4 N–H and O–H groups in total. The second kappa shape index (κ2) is 24.9. The van der Waals surface area contributed by atoms with E-state index in [1.165, 1.54) is 7.11 Å². The van der Waals surface area contributed by atoms with E-state index in [1.54, 1.807) is 58.9 Å². The number of cyclic esters (lactones) is 1. The number of nitrogens with zero attached hydrogens (tertiary/aromatic N) is 2. The summed E-state index contributed by atoms with van der Waals surface area (Å²) >= 11 is 3.37. The molecular formula is C51H83BrN4O15. The zero-order valence-electron chi connectivity index (χ0n) is 44.3. The number of aliphatic hydroxyl groups is 2. The quantitative estimate of drug-likeness (QED) is 0.0984. The van der Waals surface area contributed by atoms with Gasteiger partial charge < -0.3 is 68.4 Å². The Kier molecular flexibility index (Phi) is 20.6. The summed E-state index contributed by atoms with van der Waals surface area (Å²) in [5.74, 6) is -2.89. The predicted octanol–water partition coefficient (Wildman–Crippen LogP) is 5.79. The van der Waals surface area contributed by atoms with Crippen molar-refractivity contribution in [1.82, 2.24) is 20.4 Å². The van der Waals surface area contributed by atoms with Gasteiger partial charge in [-0.1, -0.05) is 36.7 Å². The Morgan fingerprint density at radius 2 is 1.58 bits per heavy atom. The second-order valence-corrected chi connectivity index (χ2v) is 22.3. The van der Waals surface area contributed by atoms with Crippen molar-refractivity contribution in [3.8, 4) is 0 Å². The topological polar surface area (TPSA) is 222 Å². The fourth-order valence-corrected chi connectivity index (χ4v) is 11.3. The number of halogens is 1. The summed E-state index contributed by atoms with van der Waals surface area (Å²) in [6.07, 6.45) is -8.42. The van der Waals surface area contributed by atoms with E-state index >= 15 is 0 Å². The van der Waals surface area contributed by atoms with Gasteiger partial charge in [0.05, 0.1) is 35.9 Å². The van der Waals surface area contributed by atoms with Crippen LogP contribution in [0.1, 0.15) is 118 Å². The van der Waals surface area contributed by atoms with Crippen LogP contribution in [0.3, 0.4) is 0 Å². The number of rotatable bonds is 14. The Balaban J connectivity index is 1.40. The van der Waals surface area contributed by atoms with Gasteiger partial charge in [-0.2, -0.15) is 0 Å². The summed E-state index contributed by atoms with van der Waals surface area (Å²) in [5.41, 5.74) is -3.56. The highest BCUT2D eigenvalue weighted by molar-refractivity contribution is 9.10. The van der Waals surface area contributed by atoms with Crippen LogP contribution in [0.15, 0.2) is 28.7 Å². The van der Waals surface area contributed by atoms with E-state index in [1.807, 2.05) is 65.6 Å². The SMILES string of the molecule is CC[C@H]1OC(=O)[C@H](C)[C@@H](O[C@H]2C[C@@](C)(OC)[C@@H](OC(=O)NCCCCNC(=O)c3ccc(Br)cc3)[C@H](C)O2)[C@H](C)[C@@H](O[C@@H]2O[C@H](C)C[C@H](N(C)C)[C@H]2O)[C@](C)(O)C[C@@H](C)CN(C)[C@H](C)[C@H]2OC(=O)O[C@@]21C. The number of alkyl carbamates (subject to hydrolysis) is 1. The lowest BCUT2D eigenvalue weighted by Crippen LogP contribution is -2.61. The number of unbranched alkanes of at least 4 members (excludes halogenated alkanes) is 1. The number of carbonyl (C=O) groups excluding carboxylic acids is 4. The number of ether oxygens (including phenoxy) is 9. The molecule has 20 heteroatoms. The molecule has 4 fully saturated rings. The molecule has 0 saturated carbocycles. The van der Waals surface area contributed by atoms with Gasteiger partial charge in [-0.3, -0.25) is 14.5 Å². The largest absolute Gasteiger partial charge is 0.509 e. The summed E-state index contributed by atoms with van der Waals surface area (Å²) in [4.78, 5) is 57.3. The molecule has 0 aromatic heterocycles. The maximum Gasteiger partial charge on any atom is 0.509 e. The van der Waals surface area contributed by atoms with Crippen molar-refractivity contribution in [2.24, 2.45) is 17.8 Å². The molecule has 4 heterocycles. The Morgan fingerprint density at radius 3 is 2.20 bits per heavy atom. The minimum Gasteiger partial charge on any atom is -0.458 e. The zero-order valence-corrected chi connectivity index (χ0v) is 45.9. The zero-order chi connectivity index (χ0) is 52.7. The Labute approximate surface area is 429 Å². The van der Waals surface area contributed by atoms with E-state index in [0.29, 0.717) is 44.5 Å². The van der Waals surface area contributed by atoms with E-state index < -0.39 is 102 Å². The van der Waals surface area contributed by atoms with Crippen LogP contribution >= 0.6 is 15.9 Å². The third-order valence-electron chi connectivity index (χ3n) is 15.1. The molecule has 1 aromatic rings. The summed E-state index contributed by atoms with van der Waals surface area (Å²) in [5, 5.41) is 30.2. The van der Waals surface area contributed by atoms with Crippen molar-refractivity contribution in [2.75, 3.05) is 47.9 Å². The van der Waals surface area contributed by atoms with E-state index in [9.17, 15) is 29.4 Å². The van der Waals surface area contributed by atoms with Crippen LogP contribution in [0, 0.1) is 17.8 Å². The Bertz CT molecular complexity index is 1930. The Morgan fingerprint density at radius 1 is 0.930 bits per heavy atom. The summed E-state index contributed by atoms with van der Waals surface area (Å²) in [7, 11) is 7.18. The summed E-state index contributed by atoms with van der Waals surface area (Å²) < 4.78 is 57.6. The number of methoxy groups -OCH3 is 1. The van der Waals surface area contributed by atoms with Crippen LogP contribution in [-0.4, -0.2) is 182 Å². The number of aliphatic hydroxyl groups excluding tert-OH is 1. The van der Waals surface area contributed by atoms with Crippen molar-refractivity contribution in [1.29, 1.82) is 0 Å². The van der Waals surface area contributed by atoms with Crippen LogP contribution in [0.2, 0.25) is 0 Å². The van der Waals surface area contributed by atoms with Gasteiger partial charge in [0, 0.05) is 61.2 Å². The molecular weight excluding hydrogens is 988 g/mol. The standard InChI is InChI=1S/C51H83BrN4O15/c1-15-37-51(10)42(70-48(61)71-51)32(6)56(13)27-28(2)25-49(8,62)41(68-46-39(57)36(55(11)12)24-29(3)64-46)30(4)40(31(5)45(59)66-37)67-38-26-50(9,63-14)43(33(7)65-38)69-47(60)54-23-17-16-22-53-44(58)34-18-20-35(52)21-19-34/h18-21,28-33,36-43,46,57,62H,15-17,22-27H2,1-14H3,(H,53,58)(H,54,60)/t28-,29-,30+,31-,32-,33+,36+,37-,38+,39-,40+,41-,42-,43+,46+,49-,50-,51-/m1/s1. The number of hydrogen-bond donors (Lipinski definition) is 4. The highest BCUT2D eigenvalue weighted by Crippen LogP contribution is 2.42. The molecule has 4 aliphatic rings. The summed E-state index contributed by atoms with van der Waals surface area (Å²) in [6.45, 7) is 19.3. The molecule has 4 saturated heterocycles. The van der Waals surface area contributed by atoms with Gasteiger partial charge in [0.1, 0.15) is 17.8 Å². The fourth-order valence-electron chi connectivity index (χ4n) is 11.1. The number of benzene rings is 1. The molecule has 5 rings (SSSR count). The van der Waals surface area contributed by atoms with Gasteiger partial charge in [0.15, 0.2) is 30.4 Å². The van der Waals surface area contributed by atoms with Gasteiger partial charge in [-0.25, -0.2) is 9.59 Å². The normalized spacial score (nSPS) is 39.8. The van der Waals surface area contributed by atoms with E-state index in [0.717, 1.165) is 4.47 Å². The molecule has 0 radical (unpaired) electrons. The molecule has 19 nitrogen and oxygen atoms in total. The molecule has 1 aromatic carbocycles. The van der Waals surface area contributed by atoms with Crippen LogP contribution in [0.4, 0.5) is 9.59 Å². The minimum absolute atomic E-state index is 0.0507. The second-order valence-electron chi connectivity index (χ2n) is 21.3. The van der Waals surface area contributed by atoms with Gasteiger partial charge in [0.25, 0.3) is 5.91 Å². The number of carbonyl (C=O) groups is 4. The lowest BCUT2D eigenvalue weighted by atomic mass is 9.77. The molecule has 0 aliphatic carbocycles. The number of esters is 1. The third-order valence-corrected chi connectivity index (χ3v) is 15.7. The van der Waals surface area contributed by atoms with Crippen LogP contribution in [-0.2, 0) is 47.4 Å². The van der Waals surface area contributed by atoms with Gasteiger partial charge in [0.2, 0.25) is 0 Å². The molecule has 2 amide bonds. The predicted molar refractivity (Wildman–Crippen MR) is 265 cm³/mol. The smallest absolute Gasteiger partial charge is 0.458 e. The molecule has 0 spiro atoms. The maximum absolute atomic E-state index is 14.7. The highest BCUT2D eigenvalue weighted by Gasteiger charge is 2.58. The monoisotopic (exact) mass is 1070 g/mol. The molecule has 71 heavy (non-hydrogen) atoms. The first-order valence-electron chi connectivity index (χ1n) is 25.3. The minimum atomic E-state index is -1.61. The molecule has 4 aliphatic heterocycles. The maximum atomic E-state index is 14.7. The van der Waals surface area contributed by atoms with Gasteiger partial charge >= 0.3 is 18.2 Å². The van der Waals surface area contributed by atoms with Gasteiger partial charge in [-0.15, -0.1) is 0 Å². The number of fused-ring (bicyclic) bond motifs is 1. The lowest BCUT2D eigenvalue weighted by Gasteiger charge is -2.49. The van der Waals surface area contributed by atoms with E-state index in [2.05, 4.69) is 26.6 Å². The molecule has 0 unspecified atom stereocenters. The number of amides is 2. The van der Waals surface area contributed by atoms with Crippen LogP contribution < -0.4 is 10.6 Å². The lowest BCUT2D eigenvalue weighted by molar-refractivity contribution is -0.317. The van der Waals surface area contributed by atoms with Crippen molar-refractivity contribution in [2.45, 2.75) is 198 Å².